The molecule has 2 heterocycles. The number of hydrogen-bond acceptors (Lipinski definition) is 1. The molecule has 2 aliphatic heterocycles. The van der Waals surface area contributed by atoms with Crippen molar-refractivity contribution in [2.24, 2.45) is 0 Å². The third kappa shape index (κ3) is 2.46. The summed E-state index contributed by atoms with van der Waals surface area (Å²) in [5.74, 6) is 0. The van der Waals surface area contributed by atoms with Crippen LogP contribution in [0.5, 0.6) is 0 Å². The van der Waals surface area contributed by atoms with Crippen molar-refractivity contribution in [3.8, 4) is 0 Å². The highest BCUT2D eigenvalue weighted by Crippen LogP contribution is 2.63. The molecule has 0 aliphatic carbocycles. The standard InChI is InChI=1S/C18H28OP2/c1-13-9-10-14(2)20(13)17-7-5-6-8-18(17)21(19)15(3)11-12-16(21)4/h5-8,13-16H,9-12H2,1-4H3/t13-,14-,15-,16-/m1/s1. The first kappa shape index (κ1) is 15.8. The van der Waals surface area contributed by atoms with E-state index in [1.165, 1.54) is 23.5 Å². The van der Waals surface area contributed by atoms with Crippen molar-refractivity contribution in [1.29, 1.82) is 0 Å². The lowest BCUT2D eigenvalue weighted by Crippen LogP contribution is -2.30. The second-order valence-electron chi connectivity index (χ2n) is 7.16. The van der Waals surface area contributed by atoms with E-state index in [1.54, 1.807) is 0 Å². The zero-order valence-corrected chi connectivity index (χ0v) is 15.5. The first-order valence-corrected chi connectivity index (χ1v) is 11.8. The molecule has 2 saturated heterocycles. The molecule has 2 aliphatic rings. The molecule has 4 atom stereocenters. The minimum absolute atomic E-state index is 0.142. The van der Waals surface area contributed by atoms with Gasteiger partial charge in [0.2, 0.25) is 0 Å². The summed E-state index contributed by atoms with van der Waals surface area (Å²) < 4.78 is 13.9. The Hall–Kier alpha value is -0.120. The van der Waals surface area contributed by atoms with Crippen molar-refractivity contribution in [2.75, 3.05) is 0 Å². The van der Waals surface area contributed by atoms with Crippen LogP contribution in [0.4, 0.5) is 0 Å². The average molecular weight is 322 g/mol. The van der Waals surface area contributed by atoms with Crippen LogP contribution < -0.4 is 10.6 Å². The minimum atomic E-state index is -2.23. The average Bonchev–Trinajstić information content (AvgIpc) is 2.94. The summed E-state index contributed by atoms with van der Waals surface area (Å²) in [4.78, 5) is 0. The molecule has 0 N–H and O–H groups in total. The van der Waals surface area contributed by atoms with Gasteiger partial charge in [-0.2, -0.15) is 0 Å². The summed E-state index contributed by atoms with van der Waals surface area (Å²) in [7, 11) is -2.37. The lowest BCUT2D eigenvalue weighted by molar-refractivity contribution is 0.575. The molecule has 0 aromatic heterocycles. The highest BCUT2D eigenvalue weighted by Gasteiger charge is 2.45. The fourth-order valence-corrected chi connectivity index (χ4v) is 12.1. The van der Waals surface area contributed by atoms with Crippen molar-refractivity contribution >= 4 is 25.7 Å². The van der Waals surface area contributed by atoms with Gasteiger partial charge in [0.25, 0.3) is 0 Å². The van der Waals surface area contributed by atoms with E-state index in [0.29, 0.717) is 11.3 Å². The van der Waals surface area contributed by atoms with Gasteiger partial charge in [-0.05, 0) is 42.3 Å². The number of rotatable bonds is 2. The molecule has 3 heteroatoms. The molecule has 1 nitrogen and oxygen atoms in total. The molecular weight excluding hydrogens is 294 g/mol. The lowest BCUT2D eigenvalue weighted by atomic mass is 10.2. The van der Waals surface area contributed by atoms with E-state index >= 15 is 0 Å². The van der Waals surface area contributed by atoms with Crippen LogP contribution in [0.25, 0.3) is 0 Å². The van der Waals surface area contributed by atoms with E-state index < -0.39 is 7.14 Å². The van der Waals surface area contributed by atoms with Crippen molar-refractivity contribution in [3.05, 3.63) is 24.3 Å². The van der Waals surface area contributed by atoms with Gasteiger partial charge in [0.05, 0.1) is 0 Å². The Morgan fingerprint density at radius 3 is 2.00 bits per heavy atom. The Bertz CT molecular complexity index is 544. The minimum Gasteiger partial charge on any atom is -0.318 e. The van der Waals surface area contributed by atoms with E-state index in [4.69, 9.17) is 0 Å². The Morgan fingerprint density at radius 1 is 0.905 bits per heavy atom. The first-order chi connectivity index (χ1) is 9.96. The topological polar surface area (TPSA) is 17.1 Å². The second-order valence-corrected chi connectivity index (χ2v) is 13.9. The Kier molecular flexibility index (Phi) is 4.37. The molecule has 3 rings (SSSR count). The summed E-state index contributed by atoms with van der Waals surface area (Å²) in [6.07, 6.45) is 4.96. The van der Waals surface area contributed by atoms with Gasteiger partial charge in [-0.15, -0.1) is 0 Å². The maximum Gasteiger partial charge on any atom is 0.121 e. The van der Waals surface area contributed by atoms with Crippen LogP contribution in [0.3, 0.4) is 0 Å². The van der Waals surface area contributed by atoms with E-state index in [9.17, 15) is 4.57 Å². The summed E-state index contributed by atoms with van der Waals surface area (Å²) >= 11 is 0. The van der Waals surface area contributed by atoms with Crippen LogP contribution >= 0.6 is 15.1 Å². The van der Waals surface area contributed by atoms with Gasteiger partial charge in [-0.3, -0.25) is 0 Å². The van der Waals surface area contributed by atoms with Crippen molar-refractivity contribution in [3.63, 3.8) is 0 Å². The SMILES string of the molecule is C[C@@H]1CC[C@@H](C)P1c1ccccc1P1(=O)[C@H](C)CC[C@H]1C. The molecule has 0 saturated carbocycles. The maximum absolute atomic E-state index is 13.9. The van der Waals surface area contributed by atoms with Gasteiger partial charge >= 0.3 is 0 Å². The molecule has 1 aromatic rings. The van der Waals surface area contributed by atoms with Crippen LogP contribution in [-0.2, 0) is 4.57 Å². The van der Waals surface area contributed by atoms with Gasteiger partial charge in [-0.25, -0.2) is 0 Å². The molecule has 0 bridgehead atoms. The van der Waals surface area contributed by atoms with Crippen molar-refractivity contribution in [1.82, 2.24) is 0 Å². The smallest absolute Gasteiger partial charge is 0.121 e. The molecule has 0 spiro atoms. The fraction of sp³-hybridized carbons (Fsp3) is 0.667. The first-order valence-electron chi connectivity index (χ1n) is 8.43. The predicted octanol–water partition coefficient (Wildman–Crippen LogP) is 4.92. The molecule has 21 heavy (non-hydrogen) atoms. The maximum atomic E-state index is 13.9. The van der Waals surface area contributed by atoms with E-state index in [-0.39, 0.29) is 7.92 Å². The third-order valence-corrected chi connectivity index (χ3v) is 13.6. The molecular formula is C18H28OP2. The van der Waals surface area contributed by atoms with Gasteiger partial charge < -0.3 is 4.57 Å². The quantitative estimate of drug-likeness (QED) is 0.706. The molecule has 0 amide bonds. The largest absolute Gasteiger partial charge is 0.318 e. The Balaban J connectivity index is 2.11. The van der Waals surface area contributed by atoms with Gasteiger partial charge in [0.1, 0.15) is 7.14 Å². The Morgan fingerprint density at radius 2 is 1.43 bits per heavy atom. The highest BCUT2D eigenvalue weighted by atomic mass is 31.2. The molecule has 2 fully saturated rings. The van der Waals surface area contributed by atoms with Gasteiger partial charge in [0.15, 0.2) is 0 Å². The molecule has 0 unspecified atom stereocenters. The van der Waals surface area contributed by atoms with Gasteiger partial charge in [0, 0.05) is 16.6 Å². The fourth-order valence-electron chi connectivity index (χ4n) is 4.42. The van der Waals surface area contributed by atoms with Crippen LogP contribution in [0.15, 0.2) is 24.3 Å². The molecule has 116 valence electrons. The monoisotopic (exact) mass is 322 g/mol. The molecule has 1 aromatic carbocycles. The van der Waals surface area contributed by atoms with Crippen molar-refractivity contribution < 1.29 is 4.57 Å². The van der Waals surface area contributed by atoms with E-state index in [2.05, 4.69) is 52.0 Å². The number of hydrogen-bond donors (Lipinski definition) is 0. The summed E-state index contributed by atoms with van der Waals surface area (Å²) in [6, 6.07) is 8.78. The van der Waals surface area contributed by atoms with Crippen LogP contribution in [0, 0.1) is 0 Å². The zero-order valence-electron chi connectivity index (χ0n) is 13.7. The van der Waals surface area contributed by atoms with Gasteiger partial charge in [-0.1, -0.05) is 59.9 Å². The predicted molar refractivity (Wildman–Crippen MR) is 96.6 cm³/mol. The zero-order chi connectivity index (χ0) is 15.2. The number of benzene rings is 1. The summed E-state index contributed by atoms with van der Waals surface area (Å²) in [5.41, 5.74) is 2.32. The van der Waals surface area contributed by atoms with Crippen LogP contribution in [0.2, 0.25) is 0 Å². The van der Waals surface area contributed by atoms with Crippen LogP contribution in [0.1, 0.15) is 53.4 Å². The van der Waals surface area contributed by atoms with Crippen molar-refractivity contribution in [2.45, 2.75) is 76.0 Å². The highest BCUT2D eigenvalue weighted by molar-refractivity contribution is 7.77. The normalized spacial score (nSPS) is 36.2. The second kappa shape index (κ2) is 5.82. The summed E-state index contributed by atoms with van der Waals surface area (Å²) in [6.45, 7) is 9.25. The Labute approximate surface area is 131 Å². The third-order valence-electron chi connectivity index (χ3n) is 5.80. The van der Waals surface area contributed by atoms with E-state index in [0.717, 1.165) is 24.2 Å². The van der Waals surface area contributed by atoms with Crippen LogP contribution in [-0.4, -0.2) is 22.6 Å². The molecule has 0 radical (unpaired) electrons. The summed E-state index contributed by atoms with van der Waals surface area (Å²) in [5, 5.41) is 2.74. The lowest BCUT2D eigenvalue weighted by Gasteiger charge is -2.30. The van der Waals surface area contributed by atoms with E-state index in [1.807, 2.05) is 0 Å².